The molecule has 0 spiro atoms. The maximum absolute atomic E-state index is 11.8. The summed E-state index contributed by atoms with van der Waals surface area (Å²) in [6.07, 6.45) is 1.92. The number of imidazole rings is 1. The fourth-order valence-electron chi connectivity index (χ4n) is 1.94. The molecule has 0 aliphatic heterocycles. The summed E-state index contributed by atoms with van der Waals surface area (Å²) in [5.41, 5.74) is 2.65. The third kappa shape index (κ3) is 2.24. The zero-order valence-electron chi connectivity index (χ0n) is 10.4. The van der Waals surface area contributed by atoms with Gasteiger partial charge in [0.2, 0.25) is 0 Å². The van der Waals surface area contributed by atoms with Gasteiger partial charge in [0.05, 0.1) is 11.4 Å². The highest BCUT2D eigenvalue weighted by atomic mass is 32.1. The summed E-state index contributed by atoms with van der Waals surface area (Å²) in [6.45, 7) is 2.15. The molecule has 5 heteroatoms. The Balaban J connectivity index is 1.82. The Hall–Kier alpha value is -2.14. The highest BCUT2D eigenvalue weighted by Crippen LogP contribution is 2.15. The van der Waals surface area contributed by atoms with E-state index in [1.165, 1.54) is 11.3 Å². The third-order valence-corrected chi connectivity index (χ3v) is 3.74. The summed E-state index contributed by atoms with van der Waals surface area (Å²) in [6, 6.07) is 9.38. The standard InChI is InChI=1S/C14H12N2O2S/c1-10-11(16-7-3-2-6-13(16)15-10)9-18-14(17)12-5-4-8-19-12/h2-8H,9H2,1H3. The van der Waals surface area contributed by atoms with Gasteiger partial charge in [0.25, 0.3) is 0 Å². The van der Waals surface area contributed by atoms with Crippen LogP contribution in [0.5, 0.6) is 0 Å². The fraction of sp³-hybridized carbons (Fsp3) is 0.143. The zero-order valence-corrected chi connectivity index (χ0v) is 11.2. The summed E-state index contributed by atoms with van der Waals surface area (Å²) in [5, 5.41) is 1.86. The van der Waals surface area contributed by atoms with Crippen LogP contribution in [0, 0.1) is 6.92 Å². The van der Waals surface area contributed by atoms with Gasteiger partial charge in [-0.05, 0) is 30.5 Å². The minimum atomic E-state index is -0.291. The normalized spacial score (nSPS) is 10.8. The summed E-state index contributed by atoms with van der Waals surface area (Å²) < 4.78 is 7.27. The van der Waals surface area contributed by atoms with Crippen LogP contribution in [-0.2, 0) is 11.3 Å². The Morgan fingerprint density at radius 2 is 2.26 bits per heavy atom. The fourth-order valence-corrected chi connectivity index (χ4v) is 2.55. The lowest BCUT2D eigenvalue weighted by atomic mass is 10.3. The van der Waals surface area contributed by atoms with Crippen molar-refractivity contribution in [3.05, 3.63) is 58.2 Å². The molecule has 0 atom stereocenters. The lowest BCUT2D eigenvalue weighted by Gasteiger charge is -2.04. The number of esters is 1. The number of aromatic nitrogens is 2. The van der Waals surface area contributed by atoms with E-state index in [-0.39, 0.29) is 12.6 Å². The topological polar surface area (TPSA) is 43.6 Å². The summed E-state index contributed by atoms with van der Waals surface area (Å²) in [5.74, 6) is -0.291. The van der Waals surface area contributed by atoms with Gasteiger partial charge in [0.15, 0.2) is 0 Å². The molecular weight excluding hydrogens is 260 g/mol. The van der Waals surface area contributed by atoms with Crippen molar-refractivity contribution in [1.29, 1.82) is 0 Å². The average Bonchev–Trinajstić information content (AvgIpc) is 3.03. The predicted octanol–water partition coefficient (Wildman–Crippen LogP) is 3.06. The van der Waals surface area contributed by atoms with E-state index in [1.807, 2.05) is 47.2 Å². The third-order valence-electron chi connectivity index (χ3n) is 2.89. The number of rotatable bonds is 3. The molecule has 0 bridgehead atoms. The van der Waals surface area contributed by atoms with E-state index in [0.717, 1.165) is 17.0 Å². The maximum Gasteiger partial charge on any atom is 0.348 e. The number of aryl methyl sites for hydroxylation is 1. The van der Waals surface area contributed by atoms with Gasteiger partial charge < -0.3 is 9.14 Å². The van der Waals surface area contributed by atoms with Crippen LogP contribution in [0.2, 0.25) is 0 Å². The molecule has 0 saturated carbocycles. The van der Waals surface area contributed by atoms with E-state index in [2.05, 4.69) is 4.98 Å². The van der Waals surface area contributed by atoms with E-state index >= 15 is 0 Å². The van der Waals surface area contributed by atoms with Crippen molar-refractivity contribution in [3.8, 4) is 0 Å². The van der Waals surface area contributed by atoms with Gasteiger partial charge in [-0.2, -0.15) is 0 Å². The Kier molecular flexibility index (Phi) is 3.05. The predicted molar refractivity (Wildman–Crippen MR) is 73.4 cm³/mol. The quantitative estimate of drug-likeness (QED) is 0.688. The molecule has 0 unspecified atom stereocenters. The van der Waals surface area contributed by atoms with Crippen LogP contribution in [0.15, 0.2) is 41.9 Å². The molecule has 4 nitrogen and oxygen atoms in total. The van der Waals surface area contributed by atoms with E-state index < -0.39 is 0 Å². The monoisotopic (exact) mass is 272 g/mol. The molecule has 0 radical (unpaired) electrons. The highest BCUT2D eigenvalue weighted by Gasteiger charge is 2.12. The minimum absolute atomic E-state index is 0.230. The lowest BCUT2D eigenvalue weighted by molar-refractivity contribution is 0.0472. The first-order valence-corrected chi connectivity index (χ1v) is 6.77. The van der Waals surface area contributed by atoms with Crippen molar-refractivity contribution in [2.75, 3.05) is 0 Å². The molecule has 3 aromatic rings. The van der Waals surface area contributed by atoms with Crippen molar-refractivity contribution in [2.45, 2.75) is 13.5 Å². The summed E-state index contributed by atoms with van der Waals surface area (Å²) >= 11 is 1.38. The lowest BCUT2D eigenvalue weighted by Crippen LogP contribution is -2.05. The first-order valence-electron chi connectivity index (χ1n) is 5.89. The molecule has 3 heterocycles. The molecule has 0 amide bonds. The number of hydrogen-bond acceptors (Lipinski definition) is 4. The molecule has 0 aliphatic carbocycles. The van der Waals surface area contributed by atoms with Gasteiger partial charge in [-0.1, -0.05) is 12.1 Å². The van der Waals surface area contributed by atoms with Gasteiger partial charge in [-0.25, -0.2) is 9.78 Å². The number of thiophene rings is 1. The van der Waals surface area contributed by atoms with Crippen LogP contribution in [-0.4, -0.2) is 15.4 Å². The van der Waals surface area contributed by atoms with Crippen molar-refractivity contribution in [1.82, 2.24) is 9.38 Å². The summed E-state index contributed by atoms with van der Waals surface area (Å²) in [4.78, 5) is 16.9. The molecule has 96 valence electrons. The molecule has 19 heavy (non-hydrogen) atoms. The maximum atomic E-state index is 11.8. The highest BCUT2D eigenvalue weighted by molar-refractivity contribution is 7.11. The molecule has 0 aromatic carbocycles. The second-order valence-electron chi connectivity index (χ2n) is 4.13. The first-order chi connectivity index (χ1) is 9.25. The number of fused-ring (bicyclic) bond motifs is 1. The molecule has 0 saturated heterocycles. The molecule has 3 aromatic heterocycles. The number of carbonyl (C=O) groups excluding carboxylic acids is 1. The first kappa shape index (κ1) is 11.9. The van der Waals surface area contributed by atoms with Gasteiger partial charge in [-0.15, -0.1) is 11.3 Å². The molecule has 3 rings (SSSR count). The molecule has 0 aliphatic rings. The average molecular weight is 272 g/mol. The molecular formula is C14H12N2O2S. The van der Waals surface area contributed by atoms with Gasteiger partial charge in [-0.3, -0.25) is 0 Å². The second kappa shape index (κ2) is 4.85. The van der Waals surface area contributed by atoms with Crippen LogP contribution >= 0.6 is 11.3 Å². The number of ether oxygens (including phenoxy) is 1. The molecule has 0 fully saturated rings. The van der Waals surface area contributed by atoms with Crippen molar-refractivity contribution < 1.29 is 9.53 Å². The SMILES string of the molecule is Cc1nc2ccccn2c1COC(=O)c1cccs1. The van der Waals surface area contributed by atoms with E-state index in [4.69, 9.17) is 4.74 Å². The van der Waals surface area contributed by atoms with Crippen LogP contribution in [0.1, 0.15) is 21.1 Å². The van der Waals surface area contributed by atoms with Crippen LogP contribution in [0.25, 0.3) is 5.65 Å². The smallest absolute Gasteiger partial charge is 0.348 e. The van der Waals surface area contributed by atoms with Crippen molar-refractivity contribution in [2.24, 2.45) is 0 Å². The van der Waals surface area contributed by atoms with Crippen LogP contribution in [0.3, 0.4) is 0 Å². The Morgan fingerprint density at radius 3 is 3.05 bits per heavy atom. The van der Waals surface area contributed by atoms with Gasteiger partial charge >= 0.3 is 5.97 Å². The van der Waals surface area contributed by atoms with Crippen LogP contribution in [0.4, 0.5) is 0 Å². The Morgan fingerprint density at radius 1 is 1.37 bits per heavy atom. The van der Waals surface area contributed by atoms with Gasteiger partial charge in [0, 0.05) is 6.20 Å². The largest absolute Gasteiger partial charge is 0.455 e. The zero-order chi connectivity index (χ0) is 13.2. The van der Waals surface area contributed by atoms with Crippen molar-refractivity contribution in [3.63, 3.8) is 0 Å². The van der Waals surface area contributed by atoms with Gasteiger partial charge in [0.1, 0.15) is 17.1 Å². The van der Waals surface area contributed by atoms with Crippen molar-refractivity contribution >= 4 is 23.0 Å². The molecule has 0 N–H and O–H groups in total. The van der Waals surface area contributed by atoms with E-state index in [9.17, 15) is 4.79 Å². The number of hydrogen-bond donors (Lipinski definition) is 0. The number of pyridine rings is 1. The minimum Gasteiger partial charge on any atom is -0.455 e. The number of nitrogens with zero attached hydrogens (tertiary/aromatic N) is 2. The van der Waals surface area contributed by atoms with Crippen LogP contribution < -0.4 is 0 Å². The van der Waals surface area contributed by atoms with E-state index in [0.29, 0.717) is 4.88 Å². The van der Waals surface area contributed by atoms with E-state index in [1.54, 1.807) is 6.07 Å². The Bertz CT molecular complexity index is 716. The Labute approximate surface area is 114 Å². The number of carbonyl (C=O) groups is 1. The second-order valence-corrected chi connectivity index (χ2v) is 5.07. The summed E-state index contributed by atoms with van der Waals surface area (Å²) in [7, 11) is 0.